The summed E-state index contributed by atoms with van der Waals surface area (Å²) in [6.07, 6.45) is 5.89. The summed E-state index contributed by atoms with van der Waals surface area (Å²) in [6.45, 7) is 4.97. The van der Waals surface area contributed by atoms with E-state index in [9.17, 15) is 9.59 Å². The number of rotatable bonds is 6. The minimum atomic E-state index is -0.157. The number of hydrogen-bond donors (Lipinski definition) is 1. The van der Waals surface area contributed by atoms with Crippen LogP contribution in [0, 0.1) is 0 Å². The van der Waals surface area contributed by atoms with Crippen LogP contribution in [-0.4, -0.2) is 50.7 Å². The van der Waals surface area contributed by atoms with Crippen molar-refractivity contribution in [3.8, 4) is 0 Å². The van der Waals surface area contributed by atoms with E-state index in [1.807, 2.05) is 24.3 Å². The summed E-state index contributed by atoms with van der Waals surface area (Å²) >= 11 is 0. The van der Waals surface area contributed by atoms with Gasteiger partial charge in [-0.2, -0.15) is 0 Å². The van der Waals surface area contributed by atoms with Crippen LogP contribution in [0.1, 0.15) is 39.0 Å². The van der Waals surface area contributed by atoms with Gasteiger partial charge in [-0.25, -0.2) is 0 Å². The monoisotopic (exact) mass is 359 g/mol. The third-order valence-corrected chi connectivity index (χ3v) is 5.12. The number of benzene rings is 1. The van der Waals surface area contributed by atoms with Crippen LogP contribution in [0.15, 0.2) is 24.3 Å². The van der Waals surface area contributed by atoms with E-state index in [2.05, 4.69) is 10.2 Å². The second kappa shape index (κ2) is 9.03. The molecule has 0 saturated carbocycles. The van der Waals surface area contributed by atoms with Crippen molar-refractivity contribution in [1.82, 2.24) is 5.32 Å². The molecule has 2 heterocycles. The van der Waals surface area contributed by atoms with E-state index in [-0.39, 0.29) is 24.5 Å². The molecule has 1 aromatic carbocycles. The number of carbonyl (C=O) groups is 2. The summed E-state index contributed by atoms with van der Waals surface area (Å²) in [5.41, 5.74) is 1.94. The Labute approximate surface area is 155 Å². The summed E-state index contributed by atoms with van der Waals surface area (Å²) in [4.78, 5) is 28.2. The maximum Gasteiger partial charge on any atom is 0.240 e. The molecule has 2 amide bonds. The summed E-state index contributed by atoms with van der Waals surface area (Å²) in [6, 6.07) is 7.94. The second-order valence-electron chi connectivity index (χ2n) is 7.11. The lowest BCUT2D eigenvalue weighted by molar-refractivity contribution is -0.123. The van der Waals surface area contributed by atoms with E-state index in [0.29, 0.717) is 6.54 Å². The molecule has 6 nitrogen and oxygen atoms in total. The number of hydrogen-bond acceptors (Lipinski definition) is 4. The van der Waals surface area contributed by atoms with E-state index in [0.717, 1.165) is 38.2 Å². The molecule has 2 saturated heterocycles. The molecule has 6 heteroatoms. The smallest absolute Gasteiger partial charge is 0.240 e. The Kier molecular flexibility index (Phi) is 6.50. The molecule has 0 aromatic heterocycles. The van der Waals surface area contributed by atoms with E-state index in [1.165, 1.54) is 36.8 Å². The van der Waals surface area contributed by atoms with E-state index >= 15 is 0 Å². The minimum absolute atomic E-state index is 0.0329. The molecule has 1 unspecified atom stereocenters. The van der Waals surface area contributed by atoms with Gasteiger partial charge in [0.25, 0.3) is 0 Å². The van der Waals surface area contributed by atoms with Gasteiger partial charge in [-0.15, -0.1) is 0 Å². The quantitative estimate of drug-likeness (QED) is 0.847. The van der Waals surface area contributed by atoms with E-state index in [1.54, 1.807) is 0 Å². The third-order valence-electron chi connectivity index (χ3n) is 5.12. The van der Waals surface area contributed by atoms with Crippen LogP contribution in [-0.2, 0) is 14.3 Å². The van der Waals surface area contributed by atoms with Gasteiger partial charge in [0, 0.05) is 44.5 Å². The van der Waals surface area contributed by atoms with Crippen LogP contribution in [0.25, 0.3) is 0 Å². The van der Waals surface area contributed by atoms with Crippen LogP contribution in [0.2, 0.25) is 0 Å². The number of carbonyl (C=O) groups excluding carboxylic acids is 2. The SMILES string of the molecule is CC(=O)N(CC(=O)NCC1CCCO1)c1ccc(N2CCCCC2)cc1. The normalized spacial score (nSPS) is 20.0. The molecule has 0 bridgehead atoms. The van der Waals surface area contributed by atoms with Gasteiger partial charge in [-0.1, -0.05) is 0 Å². The molecule has 2 fully saturated rings. The Morgan fingerprint density at radius 1 is 1.15 bits per heavy atom. The first-order valence-corrected chi connectivity index (χ1v) is 9.65. The Morgan fingerprint density at radius 2 is 1.88 bits per heavy atom. The van der Waals surface area contributed by atoms with Crippen molar-refractivity contribution in [2.45, 2.75) is 45.1 Å². The second-order valence-corrected chi connectivity index (χ2v) is 7.11. The predicted molar refractivity (Wildman–Crippen MR) is 103 cm³/mol. The highest BCUT2D eigenvalue weighted by Gasteiger charge is 2.19. The van der Waals surface area contributed by atoms with Crippen molar-refractivity contribution >= 4 is 23.2 Å². The summed E-state index contributed by atoms with van der Waals surface area (Å²) < 4.78 is 5.51. The van der Waals surface area contributed by atoms with Gasteiger partial charge in [0.05, 0.1) is 6.10 Å². The van der Waals surface area contributed by atoms with Crippen LogP contribution in [0.5, 0.6) is 0 Å². The number of nitrogens with zero attached hydrogens (tertiary/aromatic N) is 2. The standard InChI is InChI=1S/C20H29N3O3/c1-16(24)23(15-20(25)21-14-19-6-5-13-26-19)18-9-7-17(8-10-18)22-11-3-2-4-12-22/h7-10,19H,2-6,11-15H2,1H3,(H,21,25). The number of anilines is 2. The Balaban J connectivity index is 1.57. The van der Waals surface area contributed by atoms with Gasteiger partial charge in [0.15, 0.2) is 0 Å². The van der Waals surface area contributed by atoms with E-state index in [4.69, 9.17) is 4.74 Å². The lowest BCUT2D eigenvalue weighted by Crippen LogP contribution is -2.42. The summed E-state index contributed by atoms with van der Waals surface area (Å²) in [5.74, 6) is -0.293. The number of nitrogens with one attached hydrogen (secondary N) is 1. The van der Waals surface area contributed by atoms with Crippen molar-refractivity contribution in [2.75, 3.05) is 42.6 Å². The molecule has 1 aromatic rings. The van der Waals surface area contributed by atoms with Gasteiger partial charge < -0.3 is 19.9 Å². The Hall–Kier alpha value is -2.08. The van der Waals surface area contributed by atoms with Gasteiger partial charge in [0.1, 0.15) is 6.54 Å². The van der Waals surface area contributed by atoms with Gasteiger partial charge in [0.2, 0.25) is 11.8 Å². The molecule has 26 heavy (non-hydrogen) atoms. The molecule has 3 rings (SSSR count). The number of ether oxygens (including phenoxy) is 1. The fourth-order valence-electron chi connectivity index (χ4n) is 3.61. The third kappa shape index (κ3) is 4.97. The van der Waals surface area contributed by atoms with Gasteiger partial charge in [-0.05, 0) is 56.4 Å². The Morgan fingerprint density at radius 3 is 2.50 bits per heavy atom. The summed E-state index contributed by atoms with van der Waals surface area (Å²) in [5, 5.41) is 2.88. The largest absolute Gasteiger partial charge is 0.376 e. The molecular formula is C20H29N3O3. The lowest BCUT2D eigenvalue weighted by atomic mass is 10.1. The fourth-order valence-corrected chi connectivity index (χ4v) is 3.61. The first-order chi connectivity index (χ1) is 12.6. The fraction of sp³-hybridized carbons (Fsp3) is 0.600. The predicted octanol–water partition coefficient (Wildman–Crippen LogP) is 2.32. The van der Waals surface area contributed by atoms with Crippen molar-refractivity contribution in [3.05, 3.63) is 24.3 Å². The summed E-state index contributed by atoms with van der Waals surface area (Å²) in [7, 11) is 0. The van der Waals surface area contributed by atoms with Crippen LogP contribution < -0.4 is 15.1 Å². The topological polar surface area (TPSA) is 61.9 Å². The lowest BCUT2D eigenvalue weighted by Gasteiger charge is -2.29. The molecule has 2 aliphatic rings. The van der Waals surface area contributed by atoms with Crippen molar-refractivity contribution in [1.29, 1.82) is 0 Å². The van der Waals surface area contributed by atoms with Gasteiger partial charge in [-0.3, -0.25) is 9.59 Å². The average molecular weight is 359 g/mol. The van der Waals surface area contributed by atoms with Crippen LogP contribution in [0.4, 0.5) is 11.4 Å². The Bertz CT molecular complexity index is 605. The molecule has 1 atom stereocenters. The molecule has 0 aliphatic carbocycles. The highest BCUT2D eigenvalue weighted by atomic mass is 16.5. The molecule has 1 N–H and O–H groups in total. The highest BCUT2D eigenvalue weighted by Crippen LogP contribution is 2.23. The minimum Gasteiger partial charge on any atom is -0.376 e. The molecule has 142 valence electrons. The van der Waals surface area contributed by atoms with Crippen molar-refractivity contribution in [3.63, 3.8) is 0 Å². The maximum atomic E-state index is 12.2. The first-order valence-electron chi connectivity index (χ1n) is 9.65. The average Bonchev–Trinajstić information content (AvgIpc) is 3.19. The van der Waals surface area contributed by atoms with Crippen LogP contribution >= 0.6 is 0 Å². The van der Waals surface area contributed by atoms with Crippen molar-refractivity contribution in [2.24, 2.45) is 0 Å². The highest BCUT2D eigenvalue weighted by molar-refractivity contribution is 5.97. The number of amides is 2. The van der Waals surface area contributed by atoms with Gasteiger partial charge >= 0.3 is 0 Å². The molecule has 0 radical (unpaired) electrons. The zero-order valence-corrected chi connectivity index (χ0v) is 15.6. The van der Waals surface area contributed by atoms with Crippen LogP contribution in [0.3, 0.4) is 0 Å². The zero-order chi connectivity index (χ0) is 18.4. The molecule has 0 spiro atoms. The molecular weight excluding hydrogens is 330 g/mol. The van der Waals surface area contributed by atoms with Crippen molar-refractivity contribution < 1.29 is 14.3 Å². The maximum absolute atomic E-state index is 12.2. The molecule has 2 aliphatic heterocycles. The zero-order valence-electron chi connectivity index (χ0n) is 15.6. The van der Waals surface area contributed by atoms with E-state index < -0.39 is 0 Å². The number of piperidine rings is 1. The first kappa shape index (κ1) is 18.7.